The van der Waals surface area contributed by atoms with Crippen LogP contribution in [0, 0.1) is 0 Å². The van der Waals surface area contributed by atoms with Gasteiger partial charge in [0.15, 0.2) is 0 Å². The predicted octanol–water partition coefficient (Wildman–Crippen LogP) is 13.4. The Hall–Kier alpha value is -6.84. The predicted molar refractivity (Wildman–Crippen MR) is 224 cm³/mol. The molecule has 7 aromatic carbocycles. The Kier molecular flexibility index (Phi) is 6.87. The molecule has 4 aromatic heterocycles. The molecule has 0 fully saturated rings. The third-order valence-electron chi connectivity index (χ3n) is 10.7. The van der Waals surface area contributed by atoms with E-state index in [4.69, 9.17) is 0 Å². The standard InChI is InChI=1S/C26H16N2.C23H19N/c1-2-10-19-16(7-1)18-9-4-6-12-23(18)28-24-14-13-20-17-8-3-5-11-22(17)27-26(20)21(24)15-25(19)28;1-3-17(4-2)18-14-15-23-21(16-18)20-12-8-9-13-22(20)24(23)19-10-6-5-7-11-19/h1-15,27H;3-16H,1H2,2H3/b;17-4+. The Morgan fingerprint density at radius 2 is 1.06 bits per heavy atom. The number of hydrogen-bond donors (Lipinski definition) is 1. The van der Waals surface area contributed by atoms with Crippen LogP contribution in [0.15, 0.2) is 183 Å². The van der Waals surface area contributed by atoms with Crippen molar-refractivity contribution < 1.29 is 0 Å². The average molecular weight is 666 g/mol. The van der Waals surface area contributed by atoms with E-state index in [0.717, 1.165) is 5.57 Å². The molecule has 3 heteroatoms. The maximum Gasteiger partial charge on any atom is 0.0560 e. The van der Waals surface area contributed by atoms with Crippen LogP contribution in [-0.2, 0) is 0 Å². The Balaban J connectivity index is 0.000000132. The quantitative estimate of drug-likeness (QED) is 0.144. The van der Waals surface area contributed by atoms with Gasteiger partial charge in [-0.05, 0) is 78.0 Å². The number of allylic oxidation sites excluding steroid dienone is 3. The number of para-hydroxylation sites is 4. The van der Waals surface area contributed by atoms with Gasteiger partial charge < -0.3 is 14.0 Å². The fourth-order valence-corrected chi connectivity index (χ4v) is 8.31. The van der Waals surface area contributed by atoms with Gasteiger partial charge in [0.25, 0.3) is 0 Å². The normalized spacial score (nSPS) is 12.1. The van der Waals surface area contributed by atoms with E-state index in [2.05, 4.69) is 197 Å². The van der Waals surface area contributed by atoms with Crippen LogP contribution in [0.25, 0.3) is 93.0 Å². The van der Waals surface area contributed by atoms with E-state index in [1.165, 1.54) is 93.0 Å². The van der Waals surface area contributed by atoms with Crippen LogP contribution >= 0.6 is 0 Å². The number of rotatable bonds is 3. The first-order chi connectivity index (χ1) is 25.7. The van der Waals surface area contributed by atoms with Crippen LogP contribution in [0.3, 0.4) is 0 Å². The first-order valence-electron chi connectivity index (χ1n) is 17.9. The molecule has 1 N–H and O–H groups in total. The van der Waals surface area contributed by atoms with Gasteiger partial charge >= 0.3 is 0 Å². The van der Waals surface area contributed by atoms with Crippen LogP contribution in [0.5, 0.6) is 0 Å². The first kappa shape index (κ1) is 30.0. The number of aromatic nitrogens is 3. The van der Waals surface area contributed by atoms with Crippen LogP contribution in [-0.4, -0.2) is 14.0 Å². The summed E-state index contributed by atoms with van der Waals surface area (Å²) in [5, 5.41) is 10.3. The molecular formula is C49H35N3. The fraction of sp³-hybridized carbons (Fsp3) is 0.0204. The number of benzene rings is 7. The number of pyridine rings is 1. The van der Waals surface area contributed by atoms with Gasteiger partial charge in [-0.15, -0.1) is 0 Å². The van der Waals surface area contributed by atoms with Crippen molar-refractivity contribution in [3.63, 3.8) is 0 Å². The SMILES string of the molecule is C=C/C(=C\C)c1ccc2c(c1)c1ccccc1n2-c1ccccc1.c1ccc2c(c1)[nH]c1c2ccc2c1cc1c3ccccc3c3ccccc3n12. The summed E-state index contributed by atoms with van der Waals surface area (Å²) in [5.41, 5.74) is 12.2. The van der Waals surface area contributed by atoms with Crippen molar-refractivity contribution in [3.05, 3.63) is 188 Å². The molecule has 0 aliphatic carbocycles. The van der Waals surface area contributed by atoms with Crippen molar-refractivity contribution in [1.29, 1.82) is 0 Å². The monoisotopic (exact) mass is 665 g/mol. The molecule has 0 radical (unpaired) electrons. The van der Waals surface area contributed by atoms with Gasteiger partial charge in [0.05, 0.1) is 33.1 Å². The van der Waals surface area contributed by atoms with Gasteiger partial charge in [0.1, 0.15) is 0 Å². The number of nitrogens with one attached hydrogen (secondary N) is 1. The van der Waals surface area contributed by atoms with Crippen molar-refractivity contribution in [2.24, 2.45) is 0 Å². The molecule has 0 saturated heterocycles. The third kappa shape index (κ3) is 4.46. The zero-order chi connectivity index (χ0) is 34.8. The highest BCUT2D eigenvalue weighted by Gasteiger charge is 2.16. The van der Waals surface area contributed by atoms with E-state index in [0.29, 0.717) is 0 Å². The Morgan fingerprint density at radius 1 is 0.481 bits per heavy atom. The number of H-pyrrole nitrogens is 1. The minimum Gasteiger partial charge on any atom is -0.354 e. The molecule has 246 valence electrons. The Labute approximate surface area is 301 Å². The molecular weight excluding hydrogens is 631 g/mol. The summed E-state index contributed by atoms with van der Waals surface area (Å²) in [6.45, 7) is 5.98. The highest BCUT2D eigenvalue weighted by Crippen LogP contribution is 2.38. The second-order valence-corrected chi connectivity index (χ2v) is 13.4. The van der Waals surface area contributed by atoms with Crippen molar-refractivity contribution in [3.8, 4) is 5.69 Å². The summed E-state index contributed by atoms with van der Waals surface area (Å²) in [6.07, 6.45) is 4.02. The van der Waals surface area contributed by atoms with Crippen LogP contribution in [0.1, 0.15) is 12.5 Å². The maximum absolute atomic E-state index is 3.93. The van der Waals surface area contributed by atoms with Crippen molar-refractivity contribution >= 4 is 87.3 Å². The zero-order valence-electron chi connectivity index (χ0n) is 28.8. The molecule has 4 heterocycles. The molecule has 0 atom stereocenters. The number of hydrogen-bond acceptors (Lipinski definition) is 0. The zero-order valence-corrected chi connectivity index (χ0v) is 28.8. The van der Waals surface area contributed by atoms with Crippen LogP contribution < -0.4 is 0 Å². The Morgan fingerprint density at radius 3 is 1.81 bits per heavy atom. The molecule has 0 bridgehead atoms. The lowest BCUT2D eigenvalue weighted by molar-refractivity contribution is 1.18. The molecule has 0 aliphatic rings. The summed E-state index contributed by atoms with van der Waals surface area (Å²) in [4.78, 5) is 3.66. The van der Waals surface area contributed by atoms with Gasteiger partial charge in [0, 0.05) is 48.9 Å². The van der Waals surface area contributed by atoms with Gasteiger partial charge in [-0.25, -0.2) is 0 Å². The molecule has 0 unspecified atom stereocenters. The topological polar surface area (TPSA) is 25.1 Å². The van der Waals surface area contributed by atoms with Crippen LogP contribution in [0.4, 0.5) is 0 Å². The van der Waals surface area contributed by atoms with Gasteiger partial charge in [-0.1, -0.05) is 128 Å². The molecule has 0 saturated carbocycles. The summed E-state index contributed by atoms with van der Waals surface area (Å²) in [6, 6.07) is 58.6. The lowest BCUT2D eigenvalue weighted by atomic mass is 10.0. The highest BCUT2D eigenvalue weighted by atomic mass is 15.0. The minimum absolute atomic E-state index is 1.16. The van der Waals surface area contributed by atoms with Gasteiger partial charge in [0.2, 0.25) is 0 Å². The first-order valence-corrected chi connectivity index (χ1v) is 17.9. The smallest absolute Gasteiger partial charge is 0.0560 e. The number of fused-ring (bicyclic) bond motifs is 15. The molecule has 0 aliphatic heterocycles. The summed E-state index contributed by atoms with van der Waals surface area (Å²) in [5.74, 6) is 0. The number of nitrogens with zero attached hydrogens (tertiary/aromatic N) is 2. The fourth-order valence-electron chi connectivity index (χ4n) is 8.31. The van der Waals surface area contributed by atoms with E-state index in [1.807, 2.05) is 6.08 Å². The van der Waals surface area contributed by atoms with E-state index < -0.39 is 0 Å². The second-order valence-electron chi connectivity index (χ2n) is 13.4. The Bertz CT molecular complexity index is 3200. The second kappa shape index (κ2) is 11.9. The highest BCUT2D eigenvalue weighted by molar-refractivity contribution is 6.22. The molecule has 3 nitrogen and oxygen atoms in total. The van der Waals surface area contributed by atoms with E-state index in [-0.39, 0.29) is 0 Å². The minimum atomic E-state index is 1.16. The average Bonchev–Trinajstić information content (AvgIpc) is 3.89. The van der Waals surface area contributed by atoms with Crippen molar-refractivity contribution in [2.45, 2.75) is 6.92 Å². The lowest BCUT2D eigenvalue weighted by Crippen LogP contribution is -1.93. The maximum atomic E-state index is 3.93. The summed E-state index contributed by atoms with van der Waals surface area (Å²) < 4.78 is 4.75. The van der Waals surface area contributed by atoms with E-state index >= 15 is 0 Å². The van der Waals surface area contributed by atoms with Crippen LogP contribution in [0.2, 0.25) is 0 Å². The molecule has 0 spiro atoms. The van der Waals surface area contributed by atoms with Crippen molar-refractivity contribution in [2.75, 3.05) is 0 Å². The van der Waals surface area contributed by atoms with Gasteiger partial charge in [-0.3, -0.25) is 0 Å². The lowest BCUT2D eigenvalue weighted by Gasteiger charge is -2.09. The number of aromatic amines is 1. The summed E-state index contributed by atoms with van der Waals surface area (Å²) in [7, 11) is 0. The van der Waals surface area contributed by atoms with Crippen molar-refractivity contribution in [1.82, 2.24) is 14.0 Å². The van der Waals surface area contributed by atoms with Gasteiger partial charge in [-0.2, -0.15) is 0 Å². The molecule has 11 aromatic rings. The van der Waals surface area contributed by atoms with E-state index in [9.17, 15) is 0 Å². The molecule has 52 heavy (non-hydrogen) atoms. The van der Waals surface area contributed by atoms with E-state index in [1.54, 1.807) is 0 Å². The third-order valence-corrected chi connectivity index (χ3v) is 10.7. The summed E-state index contributed by atoms with van der Waals surface area (Å²) >= 11 is 0. The largest absolute Gasteiger partial charge is 0.354 e. The molecule has 0 amide bonds. The molecule has 11 rings (SSSR count).